The second-order valence-corrected chi connectivity index (χ2v) is 15.0. The quantitative estimate of drug-likeness (QED) is 0.0971. The van der Waals surface area contributed by atoms with Crippen LogP contribution in [-0.2, 0) is 18.9 Å². The Labute approximate surface area is 326 Å². The van der Waals surface area contributed by atoms with Gasteiger partial charge in [-0.1, -0.05) is 109 Å². The van der Waals surface area contributed by atoms with Gasteiger partial charge in [-0.15, -0.1) is 0 Å². The Morgan fingerprint density at radius 2 is 0.768 bits per heavy atom. The predicted octanol–water partition coefficient (Wildman–Crippen LogP) is 12.1. The van der Waals surface area contributed by atoms with Crippen LogP contribution in [-0.4, -0.2) is 52.2 Å². The summed E-state index contributed by atoms with van der Waals surface area (Å²) >= 11 is 0. The van der Waals surface area contributed by atoms with Crippen molar-refractivity contribution in [1.29, 1.82) is 0 Å². The van der Waals surface area contributed by atoms with Gasteiger partial charge in [-0.3, -0.25) is 0 Å². The molecule has 0 aromatic heterocycles. The summed E-state index contributed by atoms with van der Waals surface area (Å²) in [5, 5.41) is 14.3. The minimum absolute atomic E-state index is 0.173. The average Bonchev–Trinajstić information content (AvgIpc) is 3.26. The molecule has 8 aromatic rings. The summed E-state index contributed by atoms with van der Waals surface area (Å²) in [6.45, 7) is 3.14. The Balaban J connectivity index is 1.14. The Bertz CT molecular complexity index is 2500. The van der Waals surface area contributed by atoms with Crippen LogP contribution in [0.5, 0.6) is 11.5 Å². The lowest BCUT2D eigenvalue weighted by Gasteiger charge is -2.24. The third-order valence-corrected chi connectivity index (χ3v) is 11.6. The van der Waals surface area contributed by atoms with E-state index in [1.165, 1.54) is 43.1 Å². The molecule has 56 heavy (non-hydrogen) atoms. The number of benzene rings is 8. The van der Waals surface area contributed by atoms with Gasteiger partial charge in [0.2, 0.25) is 0 Å². The molecule has 282 valence electrons. The molecule has 8 aromatic carbocycles. The maximum absolute atomic E-state index is 6.75. The van der Waals surface area contributed by atoms with Gasteiger partial charge in [0.1, 0.15) is 24.7 Å². The van der Waals surface area contributed by atoms with Crippen molar-refractivity contribution in [2.24, 2.45) is 0 Å². The highest BCUT2D eigenvalue weighted by Gasteiger charge is 2.23. The van der Waals surface area contributed by atoms with Gasteiger partial charge in [0.15, 0.2) is 12.6 Å². The Morgan fingerprint density at radius 3 is 1.23 bits per heavy atom. The monoisotopic (exact) mass is 742 g/mol. The second kappa shape index (κ2) is 15.7. The van der Waals surface area contributed by atoms with Crippen LogP contribution in [0.3, 0.4) is 0 Å². The third-order valence-electron chi connectivity index (χ3n) is 11.6. The van der Waals surface area contributed by atoms with Crippen LogP contribution in [0.4, 0.5) is 0 Å². The lowest BCUT2D eigenvalue weighted by Crippen LogP contribution is -2.24. The summed E-state index contributed by atoms with van der Waals surface area (Å²) in [6, 6.07) is 43.9. The molecule has 2 aliphatic heterocycles. The molecule has 2 fully saturated rings. The molecule has 6 nitrogen and oxygen atoms in total. The number of fused-ring (bicyclic) bond motifs is 10. The van der Waals surface area contributed by atoms with E-state index >= 15 is 0 Å². The van der Waals surface area contributed by atoms with E-state index in [-0.39, 0.29) is 12.6 Å². The summed E-state index contributed by atoms with van der Waals surface area (Å²) in [5.74, 6) is 1.57. The van der Waals surface area contributed by atoms with E-state index in [0.717, 1.165) is 95.9 Å². The van der Waals surface area contributed by atoms with Gasteiger partial charge in [-0.25, -0.2) is 0 Å². The Morgan fingerprint density at radius 1 is 0.375 bits per heavy atom. The van der Waals surface area contributed by atoms with Crippen molar-refractivity contribution in [3.63, 3.8) is 0 Å². The fourth-order valence-electron chi connectivity index (χ4n) is 8.87. The first-order chi connectivity index (χ1) is 27.8. The summed E-state index contributed by atoms with van der Waals surface area (Å²) in [5.41, 5.74) is 2.01. The fourth-order valence-corrected chi connectivity index (χ4v) is 8.87. The van der Waals surface area contributed by atoms with E-state index in [9.17, 15) is 0 Å². The van der Waals surface area contributed by atoms with Crippen molar-refractivity contribution in [1.82, 2.24) is 0 Å². The summed E-state index contributed by atoms with van der Waals surface area (Å²) in [6.07, 6.45) is 5.90. The van der Waals surface area contributed by atoms with Gasteiger partial charge in [-0.05, 0) is 115 Å². The van der Waals surface area contributed by atoms with Crippen molar-refractivity contribution < 1.29 is 28.4 Å². The minimum Gasteiger partial charge on any atom is -0.491 e. The predicted molar refractivity (Wildman–Crippen MR) is 227 cm³/mol. The van der Waals surface area contributed by atoms with Gasteiger partial charge in [0.25, 0.3) is 0 Å². The molecule has 0 spiro atoms. The molecule has 0 saturated carbocycles. The highest BCUT2D eigenvalue weighted by atomic mass is 16.7. The molecule has 10 rings (SSSR count). The summed E-state index contributed by atoms with van der Waals surface area (Å²) in [7, 11) is 0. The van der Waals surface area contributed by atoms with Crippen molar-refractivity contribution in [2.45, 2.75) is 51.1 Å². The number of hydrogen-bond acceptors (Lipinski definition) is 6. The molecular formula is C50H46O6. The zero-order valence-corrected chi connectivity index (χ0v) is 31.6. The van der Waals surface area contributed by atoms with Crippen LogP contribution in [0.1, 0.15) is 38.5 Å². The Kier molecular flexibility index (Phi) is 9.88. The first-order valence-corrected chi connectivity index (χ1v) is 20.3. The lowest BCUT2D eigenvalue weighted by molar-refractivity contribution is -0.165. The lowest BCUT2D eigenvalue weighted by atomic mass is 9.88. The molecule has 6 heteroatoms. The molecule has 2 aliphatic rings. The van der Waals surface area contributed by atoms with Crippen molar-refractivity contribution in [2.75, 3.05) is 39.6 Å². The first kappa shape index (κ1) is 35.2. The number of rotatable bonds is 11. The topological polar surface area (TPSA) is 55.4 Å². The molecule has 2 unspecified atom stereocenters. The van der Waals surface area contributed by atoms with E-state index < -0.39 is 0 Å². The van der Waals surface area contributed by atoms with Crippen LogP contribution in [0.15, 0.2) is 121 Å². The smallest absolute Gasteiger partial charge is 0.157 e. The first-order valence-electron chi connectivity index (χ1n) is 20.3. The molecule has 0 radical (unpaired) electrons. The molecule has 2 heterocycles. The number of hydrogen-bond donors (Lipinski definition) is 0. The highest BCUT2D eigenvalue weighted by molar-refractivity contribution is 6.24. The van der Waals surface area contributed by atoms with E-state index in [2.05, 4.69) is 121 Å². The van der Waals surface area contributed by atoms with E-state index in [0.29, 0.717) is 26.4 Å². The van der Waals surface area contributed by atoms with E-state index in [1.54, 1.807) is 0 Å². The Hall–Kier alpha value is -5.24. The van der Waals surface area contributed by atoms with Crippen molar-refractivity contribution in [3.05, 3.63) is 121 Å². The van der Waals surface area contributed by atoms with E-state index in [1.807, 2.05) is 0 Å². The normalized spacial score (nSPS) is 17.7. The molecular weight excluding hydrogens is 697 g/mol. The van der Waals surface area contributed by atoms with Crippen LogP contribution < -0.4 is 9.47 Å². The molecule has 0 aliphatic carbocycles. The minimum atomic E-state index is -0.173. The fraction of sp³-hybridized carbons (Fsp3) is 0.280. The summed E-state index contributed by atoms with van der Waals surface area (Å²) in [4.78, 5) is 0. The van der Waals surface area contributed by atoms with E-state index in [4.69, 9.17) is 28.4 Å². The largest absolute Gasteiger partial charge is 0.491 e. The molecule has 2 atom stereocenters. The third kappa shape index (κ3) is 6.71. The molecule has 0 amide bonds. The van der Waals surface area contributed by atoms with Crippen LogP contribution >= 0.6 is 0 Å². The maximum Gasteiger partial charge on any atom is 0.157 e. The molecule has 2 saturated heterocycles. The molecule has 0 bridgehead atoms. The zero-order chi connectivity index (χ0) is 37.3. The average molecular weight is 743 g/mol. The standard InChI is InChI=1S/C50H46O6/c1-3-11-35-33(9-1)15-17-39-37(35)19-21-43-41(39)23-25-45(51-29-31-55-47-13-5-7-27-53-47)49(43)50-44-22-20-38-36-12-4-2-10-34(36)16-18-40(38)42(44)24-26-46(50)52-30-32-56-48-14-6-8-28-54-48/h1-4,9-12,15-26,47-48H,5-8,13-14,27-32H2. The van der Waals surface area contributed by atoms with Gasteiger partial charge >= 0.3 is 0 Å². The van der Waals surface area contributed by atoms with Crippen molar-refractivity contribution >= 4 is 64.6 Å². The molecule has 0 N–H and O–H groups in total. The van der Waals surface area contributed by atoms with Gasteiger partial charge in [-0.2, -0.15) is 0 Å². The SMILES string of the molecule is c1ccc2c(c1)ccc1c3ccc(OCCOC4CCCCO4)c(-c4c(OCCOC5CCCCO5)ccc5c4ccc4c6ccccc6ccc54)c3ccc21. The summed E-state index contributed by atoms with van der Waals surface area (Å²) < 4.78 is 37.5. The van der Waals surface area contributed by atoms with Gasteiger partial charge < -0.3 is 28.4 Å². The van der Waals surface area contributed by atoms with Crippen LogP contribution in [0, 0.1) is 0 Å². The maximum atomic E-state index is 6.75. The van der Waals surface area contributed by atoms with Crippen LogP contribution in [0.2, 0.25) is 0 Å². The van der Waals surface area contributed by atoms with Crippen molar-refractivity contribution in [3.8, 4) is 22.6 Å². The van der Waals surface area contributed by atoms with Gasteiger partial charge in [0.05, 0.1) is 13.2 Å². The highest BCUT2D eigenvalue weighted by Crippen LogP contribution is 2.48. The van der Waals surface area contributed by atoms with Crippen LogP contribution in [0.25, 0.3) is 75.8 Å². The second-order valence-electron chi connectivity index (χ2n) is 15.0. The zero-order valence-electron chi connectivity index (χ0n) is 31.6. The van der Waals surface area contributed by atoms with Gasteiger partial charge in [0, 0.05) is 24.3 Å². The number of ether oxygens (including phenoxy) is 6.